The highest BCUT2D eigenvalue weighted by Crippen LogP contribution is 2.28. The molecule has 0 bridgehead atoms. The zero-order valence-electron chi connectivity index (χ0n) is 13.0. The van der Waals surface area contributed by atoms with E-state index in [9.17, 15) is 25.2 Å². The molecule has 0 radical (unpaired) electrons. The monoisotopic (exact) mass is 354 g/mol. The van der Waals surface area contributed by atoms with Crippen LogP contribution in [0.4, 0.5) is 0 Å². The van der Waals surface area contributed by atoms with Crippen LogP contribution in [0.1, 0.15) is 0 Å². The van der Waals surface area contributed by atoms with Gasteiger partial charge in [0, 0.05) is 6.20 Å². The maximum atomic E-state index is 11.2. The lowest BCUT2D eigenvalue weighted by molar-refractivity contribution is -0.278. The van der Waals surface area contributed by atoms with Gasteiger partial charge in [0.05, 0.1) is 12.0 Å². The zero-order valence-corrected chi connectivity index (χ0v) is 13.0. The summed E-state index contributed by atoms with van der Waals surface area (Å²) in [4.78, 5) is 15.3. The van der Waals surface area contributed by atoms with Crippen molar-refractivity contribution in [2.24, 2.45) is 5.73 Å². The molecule has 11 nitrogen and oxygen atoms in total. The second-order valence-electron chi connectivity index (χ2n) is 5.62. The molecule has 136 valence electrons. The smallest absolute Gasteiger partial charge is 0.244 e. The van der Waals surface area contributed by atoms with Crippen LogP contribution in [0.2, 0.25) is 0 Å². The van der Waals surface area contributed by atoms with Crippen LogP contribution in [0, 0.1) is 0 Å². The molecule has 0 aliphatic carbocycles. The number of rotatable bonds is 5. The third kappa shape index (κ3) is 3.27. The van der Waals surface area contributed by atoms with Gasteiger partial charge in [-0.1, -0.05) is 0 Å². The molecule has 25 heavy (non-hydrogen) atoms. The summed E-state index contributed by atoms with van der Waals surface area (Å²) < 4.78 is 12.0. The molecule has 0 unspecified atom stereocenters. The van der Waals surface area contributed by atoms with Crippen molar-refractivity contribution >= 4 is 16.9 Å². The Balaban J connectivity index is 1.91. The van der Waals surface area contributed by atoms with Gasteiger partial charge in [0.1, 0.15) is 31.0 Å². The maximum Gasteiger partial charge on any atom is 0.244 e. The molecule has 3 heterocycles. The van der Waals surface area contributed by atoms with Crippen LogP contribution >= 0.6 is 0 Å². The fraction of sp³-hybridized carbons (Fsp3) is 0.500. The summed E-state index contributed by atoms with van der Waals surface area (Å²) in [5, 5.41) is 43.4. The zero-order chi connectivity index (χ0) is 18.1. The number of primary amides is 1. The van der Waals surface area contributed by atoms with Crippen molar-refractivity contribution in [1.29, 1.82) is 0 Å². The summed E-state index contributed by atoms with van der Waals surface area (Å²) in [6.45, 7) is -0.811. The van der Waals surface area contributed by atoms with Gasteiger partial charge in [-0.15, -0.1) is 5.10 Å². The van der Waals surface area contributed by atoms with Gasteiger partial charge < -0.3 is 35.6 Å². The molecule has 5 atom stereocenters. The van der Waals surface area contributed by atoms with Gasteiger partial charge in [0.15, 0.2) is 5.65 Å². The number of amides is 1. The molecule has 1 amide bonds. The Hall–Kier alpha value is -2.31. The lowest BCUT2D eigenvalue weighted by atomic mass is 9.99. The van der Waals surface area contributed by atoms with Gasteiger partial charge in [-0.25, -0.2) is 9.67 Å². The topological polar surface area (TPSA) is 173 Å². The first-order valence-corrected chi connectivity index (χ1v) is 7.49. The molecule has 3 rings (SSSR count). The molecule has 2 aromatic rings. The minimum atomic E-state index is -1.58. The van der Waals surface area contributed by atoms with Crippen molar-refractivity contribution in [1.82, 2.24) is 14.8 Å². The average molecular weight is 354 g/mol. The number of fused-ring (bicyclic) bond motifs is 1. The van der Waals surface area contributed by atoms with Crippen LogP contribution in [0.15, 0.2) is 18.3 Å². The van der Waals surface area contributed by atoms with Gasteiger partial charge in [-0.2, -0.15) is 0 Å². The van der Waals surface area contributed by atoms with E-state index in [4.69, 9.17) is 15.2 Å². The van der Waals surface area contributed by atoms with Crippen LogP contribution < -0.4 is 10.5 Å². The van der Waals surface area contributed by atoms with E-state index >= 15 is 0 Å². The fourth-order valence-electron chi connectivity index (χ4n) is 2.60. The number of ether oxygens (including phenoxy) is 2. The van der Waals surface area contributed by atoms with Crippen LogP contribution in [0.3, 0.4) is 0 Å². The first-order valence-electron chi connectivity index (χ1n) is 7.49. The van der Waals surface area contributed by atoms with Crippen LogP contribution in [0.5, 0.6) is 5.88 Å². The predicted octanol–water partition coefficient (Wildman–Crippen LogP) is -2.90. The number of aliphatic hydroxyl groups is 4. The minimum Gasteiger partial charge on any atom is -0.443 e. The summed E-state index contributed by atoms with van der Waals surface area (Å²) in [7, 11) is 0. The Morgan fingerprint density at radius 2 is 2.08 bits per heavy atom. The molecule has 6 N–H and O–H groups in total. The Bertz CT molecular complexity index is 765. The summed E-state index contributed by atoms with van der Waals surface area (Å²) in [5.41, 5.74) is 5.51. The van der Waals surface area contributed by atoms with Gasteiger partial charge in [0.2, 0.25) is 18.1 Å². The van der Waals surface area contributed by atoms with Gasteiger partial charge in [0.25, 0.3) is 0 Å². The van der Waals surface area contributed by atoms with E-state index in [-0.39, 0.29) is 12.4 Å². The first kappa shape index (κ1) is 17.5. The maximum absolute atomic E-state index is 11.2. The van der Waals surface area contributed by atoms with Gasteiger partial charge in [-0.3, -0.25) is 4.79 Å². The van der Waals surface area contributed by atoms with Crippen molar-refractivity contribution in [3.05, 3.63) is 18.3 Å². The lowest BCUT2D eigenvalue weighted by Crippen LogP contribution is -2.60. The van der Waals surface area contributed by atoms with E-state index in [0.29, 0.717) is 11.0 Å². The van der Waals surface area contributed by atoms with E-state index in [1.807, 2.05) is 0 Å². The summed E-state index contributed by atoms with van der Waals surface area (Å²) in [5.74, 6) is -0.636. The molecule has 2 aromatic heterocycles. The van der Waals surface area contributed by atoms with Gasteiger partial charge >= 0.3 is 0 Å². The number of pyridine rings is 1. The quantitative estimate of drug-likeness (QED) is 0.377. The molecule has 0 spiro atoms. The van der Waals surface area contributed by atoms with Crippen molar-refractivity contribution in [3.8, 4) is 5.88 Å². The number of carbonyl (C=O) groups excluding carboxylic acids is 1. The highest BCUT2D eigenvalue weighted by atomic mass is 16.7. The highest BCUT2D eigenvalue weighted by Gasteiger charge is 2.45. The van der Waals surface area contributed by atoms with Crippen LogP contribution in [-0.2, 0) is 16.1 Å². The summed E-state index contributed by atoms with van der Waals surface area (Å²) in [6, 6.07) is 3.25. The standard InChI is InChI=1S/C14H18N4O7/c15-8(20)4-18-12-6(2-1-3-16-12)13(17-18)25-14-11(23)10(22)9(21)7(5-19)24-14/h1-3,7,9-11,14,19,21-23H,4-5H2,(H2,15,20)/t7-,9-,10+,11-,14+/m1/s1. The molecule has 0 aromatic carbocycles. The Labute approximate surface area is 141 Å². The van der Waals surface area contributed by atoms with Crippen LogP contribution in [0.25, 0.3) is 11.0 Å². The largest absolute Gasteiger partial charge is 0.443 e. The van der Waals surface area contributed by atoms with Crippen LogP contribution in [-0.4, -0.2) is 78.4 Å². The van der Waals surface area contributed by atoms with Crippen molar-refractivity contribution < 1.29 is 34.7 Å². The molecule has 1 saturated heterocycles. The second-order valence-corrected chi connectivity index (χ2v) is 5.62. The first-order chi connectivity index (χ1) is 11.9. The number of nitrogens with two attached hydrogens (primary N) is 1. The number of nitrogens with zero attached hydrogens (tertiary/aromatic N) is 3. The Morgan fingerprint density at radius 3 is 2.76 bits per heavy atom. The fourth-order valence-corrected chi connectivity index (χ4v) is 2.60. The third-order valence-electron chi connectivity index (χ3n) is 3.85. The van der Waals surface area contributed by atoms with E-state index in [1.165, 1.54) is 10.9 Å². The average Bonchev–Trinajstić information content (AvgIpc) is 2.92. The number of aliphatic hydroxyl groups excluding tert-OH is 4. The number of carbonyl (C=O) groups is 1. The number of hydrogen-bond acceptors (Lipinski definition) is 9. The second kappa shape index (κ2) is 6.90. The van der Waals surface area contributed by atoms with E-state index in [2.05, 4.69) is 10.1 Å². The molecule has 0 saturated carbocycles. The van der Waals surface area contributed by atoms with E-state index in [0.717, 1.165) is 0 Å². The van der Waals surface area contributed by atoms with Crippen molar-refractivity contribution in [2.75, 3.05) is 6.61 Å². The molecular formula is C14H18N4O7. The number of hydrogen-bond donors (Lipinski definition) is 5. The third-order valence-corrected chi connectivity index (χ3v) is 3.85. The van der Waals surface area contributed by atoms with Crippen molar-refractivity contribution in [2.45, 2.75) is 37.3 Å². The van der Waals surface area contributed by atoms with Crippen molar-refractivity contribution in [3.63, 3.8) is 0 Å². The minimum absolute atomic E-state index is 0.00585. The van der Waals surface area contributed by atoms with E-state index in [1.54, 1.807) is 12.1 Å². The Morgan fingerprint density at radius 1 is 1.32 bits per heavy atom. The van der Waals surface area contributed by atoms with Gasteiger partial charge in [-0.05, 0) is 12.1 Å². The molecule has 1 aliphatic rings. The molecule has 11 heteroatoms. The summed E-state index contributed by atoms with van der Waals surface area (Å²) >= 11 is 0. The Kier molecular flexibility index (Phi) is 4.83. The number of aromatic nitrogens is 3. The molecule has 1 aliphatic heterocycles. The van der Waals surface area contributed by atoms with E-state index < -0.39 is 43.2 Å². The molecule has 1 fully saturated rings. The SMILES string of the molecule is NC(=O)Cn1nc(O[C@@H]2O[C@H](CO)[C@@H](O)[C@H](O)[C@H]2O)c2cccnc21. The normalized spacial score (nSPS) is 29.7. The predicted molar refractivity (Wildman–Crippen MR) is 81.1 cm³/mol. The molecular weight excluding hydrogens is 336 g/mol. The lowest BCUT2D eigenvalue weighted by Gasteiger charge is -2.39. The highest BCUT2D eigenvalue weighted by molar-refractivity contribution is 5.83. The summed E-state index contributed by atoms with van der Waals surface area (Å²) in [6.07, 6.45) is -5.65.